The third-order valence-electron chi connectivity index (χ3n) is 3.42. The summed E-state index contributed by atoms with van der Waals surface area (Å²) in [4.78, 5) is 4.17. The summed E-state index contributed by atoms with van der Waals surface area (Å²) < 4.78 is 4.92. The molecule has 0 bridgehead atoms. The molecule has 1 saturated carbocycles. The van der Waals surface area contributed by atoms with Gasteiger partial charge in [-0.3, -0.25) is 0 Å². The van der Waals surface area contributed by atoms with E-state index in [1.54, 1.807) is 0 Å². The minimum atomic E-state index is 0.642. The minimum absolute atomic E-state index is 0.642. The maximum absolute atomic E-state index is 4.92. The van der Waals surface area contributed by atoms with Crippen molar-refractivity contribution in [2.45, 2.75) is 46.1 Å². The van der Waals surface area contributed by atoms with Crippen molar-refractivity contribution in [3.63, 3.8) is 0 Å². The van der Waals surface area contributed by atoms with E-state index in [-0.39, 0.29) is 0 Å². The first-order valence-electron chi connectivity index (χ1n) is 6.24. The lowest BCUT2D eigenvalue weighted by Gasteiger charge is -2.26. The van der Waals surface area contributed by atoms with Gasteiger partial charge in [0.1, 0.15) is 0 Å². The lowest BCUT2D eigenvalue weighted by atomic mass is 9.83. The van der Waals surface area contributed by atoms with Gasteiger partial charge in [0.15, 0.2) is 5.82 Å². The SMILES string of the molecule is Cc1nc(CNCC2CCC(C)CC2)no1. The van der Waals surface area contributed by atoms with Crippen molar-refractivity contribution in [3.05, 3.63) is 11.7 Å². The molecular formula is C12H21N3O. The van der Waals surface area contributed by atoms with Crippen LogP contribution in [0, 0.1) is 18.8 Å². The van der Waals surface area contributed by atoms with Gasteiger partial charge in [-0.25, -0.2) is 0 Å². The third-order valence-corrected chi connectivity index (χ3v) is 3.42. The lowest BCUT2D eigenvalue weighted by molar-refractivity contribution is 0.280. The van der Waals surface area contributed by atoms with Crippen molar-refractivity contribution in [2.75, 3.05) is 6.54 Å². The van der Waals surface area contributed by atoms with Gasteiger partial charge >= 0.3 is 0 Å². The monoisotopic (exact) mass is 223 g/mol. The first-order valence-corrected chi connectivity index (χ1v) is 6.24. The van der Waals surface area contributed by atoms with E-state index in [0.717, 1.165) is 30.7 Å². The minimum Gasteiger partial charge on any atom is -0.340 e. The molecule has 0 saturated heterocycles. The number of aromatic nitrogens is 2. The smallest absolute Gasteiger partial charge is 0.223 e. The van der Waals surface area contributed by atoms with E-state index in [9.17, 15) is 0 Å². The molecule has 1 aliphatic rings. The Morgan fingerprint density at radius 3 is 2.69 bits per heavy atom. The van der Waals surface area contributed by atoms with Crippen LogP contribution in [0.15, 0.2) is 4.52 Å². The predicted molar refractivity (Wildman–Crippen MR) is 61.9 cm³/mol. The Kier molecular flexibility index (Phi) is 3.93. The van der Waals surface area contributed by atoms with Crippen LogP contribution in [0.25, 0.3) is 0 Å². The second kappa shape index (κ2) is 5.43. The van der Waals surface area contributed by atoms with Crippen LogP contribution in [-0.2, 0) is 6.54 Å². The first kappa shape index (κ1) is 11.6. The Labute approximate surface area is 96.8 Å². The molecule has 1 N–H and O–H groups in total. The zero-order chi connectivity index (χ0) is 11.4. The van der Waals surface area contributed by atoms with Gasteiger partial charge < -0.3 is 9.84 Å². The zero-order valence-electron chi connectivity index (χ0n) is 10.2. The largest absolute Gasteiger partial charge is 0.340 e. The zero-order valence-corrected chi connectivity index (χ0v) is 10.2. The van der Waals surface area contributed by atoms with Gasteiger partial charge in [-0.2, -0.15) is 4.98 Å². The van der Waals surface area contributed by atoms with Crippen molar-refractivity contribution in [1.82, 2.24) is 15.5 Å². The molecule has 1 aromatic rings. The third kappa shape index (κ3) is 3.30. The Hall–Kier alpha value is -0.900. The number of nitrogens with zero attached hydrogens (tertiary/aromatic N) is 2. The second-order valence-electron chi connectivity index (χ2n) is 4.99. The molecule has 0 radical (unpaired) electrons. The molecule has 0 aliphatic heterocycles. The average Bonchev–Trinajstić information content (AvgIpc) is 2.67. The van der Waals surface area contributed by atoms with Gasteiger partial charge in [0.25, 0.3) is 0 Å². The van der Waals surface area contributed by atoms with Crippen molar-refractivity contribution in [1.29, 1.82) is 0 Å². The second-order valence-corrected chi connectivity index (χ2v) is 4.99. The lowest BCUT2D eigenvalue weighted by Crippen LogP contribution is -2.26. The first-order chi connectivity index (χ1) is 7.74. The van der Waals surface area contributed by atoms with Crippen LogP contribution in [0.4, 0.5) is 0 Å². The van der Waals surface area contributed by atoms with E-state index in [1.807, 2.05) is 6.92 Å². The van der Waals surface area contributed by atoms with E-state index < -0.39 is 0 Å². The van der Waals surface area contributed by atoms with Crippen molar-refractivity contribution in [3.8, 4) is 0 Å². The van der Waals surface area contributed by atoms with Crippen LogP contribution < -0.4 is 5.32 Å². The fourth-order valence-corrected chi connectivity index (χ4v) is 2.33. The van der Waals surface area contributed by atoms with E-state index in [0.29, 0.717) is 5.89 Å². The van der Waals surface area contributed by atoms with Gasteiger partial charge in [-0.15, -0.1) is 0 Å². The van der Waals surface area contributed by atoms with Gasteiger partial charge in [-0.1, -0.05) is 24.9 Å². The summed E-state index contributed by atoms with van der Waals surface area (Å²) in [7, 11) is 0. The van der Waals surface area contributed by atoms with Crippen LogP contribution >= 0.6 is 0 Å². The molecule has 0 atom stereocenters. The van der Waals surface area contributed by atoms with E-state index in [2.05, 4.69) is 22.4 Å². The van der Waals surface area contributed by atoms with Crippen LogP contribution in [0.1, 0.15) is 44.3 Å². The highest BCUT2D eigenvalue weighted by atomic mass is 16.5. The van der Waals surface area contributed by atoms with Crippen molar-refractivity contribution >= 4 is 0 Å². The molecule has 0 aromatic carbocycles. The van der Waals surface area contributed by atoms with Crippen molar-refractivity contribution in [2.24, 2.45) is 11.8 Å². The molecule has 1 aliphatic carbocycles. The molecule has 1 fully saturated rings. The summed E-state index contributed by atoms with van der Waals surface area (Å²) >= 11 is 0. The Morgan fingerprint density at radius 2 is 2.06 bits per heavy atom. The Morgan fingerprint density at radius 1 is 1.31 bits per heavy atom. The maximum atomic E-state index is 4.92. The highest BCUT2D eigenvalue weighted by molar-refractivity contribution is 4.83. The van der Waals surface area contributed by atoms with Crippen LogP contribution in [-0.4, -0.2) is 16.7 Å². The predicted octanol–water partition coefficient (Wildman–Crippen LogP) is 2.29. The number of nitrogens with one attached hydrogen (secondary N) is 1. The standard InChI is InChI=1S/C12H21N3O/c1-9-3-5-11(6-4-9)7-13-8-12-14-10(2)16-15-12/h9,11,13H,3-8H2,1-2H3. The molecule has 90 valence electrons. The molecule has 0 unspecified atom stereocenters. The highest BCUT2D eigenvalue weighted by Gasteiger charge is 2.17. The fraction of sp³-hybridized carbons (Fsp3) is 0.833. The molecule has 4 nitrogen and oxygen atoms in total. The molecule has 16 heavy (non-hydrogen) atoms. The summed E-state index contributed by atoms with van der Waals surface area (Å²) in [5.41, 5.74) is 0. The molecule has 0 amide bonds. The van der Waals surface area contributed by atoms with Crippen molar-refractivity contribution < 1.29 is 4.52 Å². The van der Waals surface area contributed by atoms with Crippen LogP contribution in [0.3, 0.4) is 0 Å². The molecule has 0 spiro atoms. The fourth-order valence-electron chi connectivity index (χ4n) is 2.33. The summed E-state index contributed by atoms with van der Waals surface area (Å²) in [5.74, 6) is 3.17. The topological polar surface area (TPSA) is 51.0 Å². The normalized spacial score (nSPS) is 25.9. The Bertz CT molecular complexity index is 316. The number of aryl methyl sites for hydroxylation is 1. The molecule has 2 rings (SSSR count). The number of hydrogen-bond donors (Lipinski definition) is 1. The molecular weight excluding hydrogens is 202 g/mol. The molecule has 1 heterocycles. The highest BCUT2D eigenvalue weighted by Crippen LogP contribution is 2.27. The van der Waals surface area contributed by atoms with Crippen LogP contribution in [0.5, 0.6) is 0 Å². The number of hydrogen-bond acceptors (Lipinski definition) is 4. The number of rotatable bonds is 4. The summed E-state index contributed by atoms with van der Waals surface area (Å²) in [6.07, 6.45) is 5.49. The average molecular weight is 223 g/mol. The maximum Gasteiger partial charge on any atom is 0.223 e. The van der Waals surface area contributed by atoms with Gasteiger partial charge in [0.05, 0.1) is 6.54 Å². The van der Waals surface area contributed by atoms with Gasteiger partial charge in [0, 0.05) is 6.92 Å². The summed E-state index contributed by atoms with van der Waals surface area (Å²) in [6, 6.07) is 0. The molecule has 1 aromatic heterocycles. The summed E-state index contributed by atoms with van der Waals surface area (Å²) in [5, 5.41) is 7.28. The van der Waals surface area contributed by atoms with E-state index in [1.165, 1.54) is 25.7 Å². The quantitative estimate of drug-likeness (QED) is 0.851. The van der Waals surface area contributed by atoms with E-state index >= 15 is 0 Å². The van der Waals surface area contributed by atoms with Gasteiger partial charge in [0.2, 0.25) is 5.89 Å². The summed E-state index contributed by atoms with van der Waals surface area (Å²) in [6.45, 7) is 5.98. The van der Waals surface area contributed by atoms with E-state index in [4.69, 9.17) is 4.52 Å². The molecule has 4 heteroatoms. The van der Waals surface area contributed by atoms with Crippen LogP contribution in [0.2, 0.25) is 0 Å². The Balaban J connectivity index is 1.64. The van der Waals surface area contributed by atoms with Gasteiger partial charge in [-0.05, 0) is 31.2 Å².